The molecular formula is C21H22N4O4S. The van der Waals surface area contributed by atoms with Crippen LogP contribution in [0.3, 0.4) is 0 Å². The molecule has 30 heavy (non-hydrogen) atoms. The van der Waals surface area contributed by atoms with Crippen LogP contribution >= 0.6 is 11.3 Å². The minimum atomic E-state index is -1.02. The minimum Gasteiger partial charge on any atom is -0.480 e. The van der Waals surface area contributed by atoms with Gasteiger partial charge >= 0.3 is 5.97 Å². The Morgan fingerprint density at radius 3 is 2.80 bits per heavy atom. The number of benzene rings is 2. The Hall–Kier alpha value is -3.17. The van der Waals surface area contributed by atoms with Gasteiger partial charge in [-0.1, -0.05) is 41.7 Å². The summed E-state index contributed by atoms with van der Waals surface area (Å²) in [6.07, 6.45) is 1.01. The summed E-state index contributed by atoms with van der Waals surface area (Å²) in [5.74, 6) is -1.08. The summed E-state index contributed by atoms with van der Waals surface area (Å²) in [6, 6.07) is 13.6. The first kappa shape index (κ1) is 20.1. The summed E-state index contributed by atoms with van der Waals surface area (Å²) >= 11 is 1.24. The van der Waals surface area contributed by atoms with Crippen LogP contribution in [-0.2, 0) is 9.53 Å². The second kappa shape index (κ2) is 8.68. The van der Waals surface area contributed by atoms with Crippen LogP contribution in [0.25, 0.3) is 10.8 Å². The van der Waals surface area contributed by atoms with Crippen LogP contribution in [0.5, 0.6) is 0 Å². The number of hydrogen-bond donors (Lipinski definition) is 3. The zero-order valence-corrected chi connectivity index (χ0v) is 17.2. The summed E-state index contributed by atoms with van der Waals surface area (Å²) in [7, 11) is 1.68. The number of thiazole rings is 1. The van der Waals surface area contributed by atoms with Gasteiger partial charge in [0.1, 0.15) is 11.4 Å². The lowest BCUT2D eigenvalue weighted by Crippen LogP contribution is -2.22. The number of nitrogens with zero attached hydrogens (tertiary/aromatic N) is 2. The highest BCUT2D eigenvalue weighted by Crippen LogP contribution is 2.33. The molecule has 156 valence electrons. The number of aliphatic carboxylic acids is 1. The molecule has 0 aliphatic carbocycles. The maximum absolute atomic E-state index is 13.0. The highest BCUT2D eigenvalue weighted by Gasteiger charge is 2.27. The molecule has 2 heterocycles. The first-order valence-corrected chi connectivity index (χ1v) is 10.4. The van der Waals surface area contributed by atoms with Crippen molar-refractivity contribution in [2.24, 2.45) is 0 Å². The van der Waals surface area contributed by atoms with Gasteiger partial charge in [0.2, 0.25) is 0 Å². The van der Waals surface area contributed by atoms with E-state index in [1.807, 2.05) is 42.5 Å². The Labute approximate surface area is 177 Å². The zero-order valence-electron chi connectivity index (χ0n) is 16.4. The third-order valence-electron chi connectivity index (χ3n) is 4.99. The molecule has 9 heteroatoms. The fraction of sp³-hybridized carbons (Fsp3) is 0.286. The molecule has 0 unspecified atom stereocenters. The van der Waals surface area contributed by atoms with Gasteiger partial charge in [0, 0.05) is 25.9 Å². The van der Waals surface area contributed by atoms with Gasteiger partial charge in [-0.25, -0.2) is 4.98 Å². The average molecular weight is 426 g/mol. The quantitative estimate of drug-likeness (QED) is 0.533. The van der Waals surface area contributed by atoms with E-state index in [1.54, 1.807) is 7.11 Å². The molecule has 3 N–H and O–H groups in total. The highest BCUT2D eigenvalue weighted by molar-refractivity contribution is 7.18. The van der Waals surface area contributed by atoms with E-state index in [0.29, 0.717) is 22.2 Å². The van der Waals surface area contributed by atoms with Crippen molar-refractivity contribution in [2.75, 3.05) is 42.3 Å². The molecule has 1 amide bonds. The van der Waals surface area contributed by atoms with Crippen molar-refractivity contribution in [2.45, 2.75) is 12.5 Å². The Balaban J connectivity index is 1.58. The standard InChI is InChI=1S/C21H22N4O4S/c1-29-16-8-9-25(12-16)21-24-19(22-11-17(26)27)18(30-21)20(28)23-15-7-6-13-4-2-3-5-14(13)10-15/h2-7,10,16,22H,8-9,11-12H2,1H3,(H,23,28)(H,26,27)/t16-/m0/s1. The van der Waals surface area contributed by atoms with E-state index in [4.69, 9.17) is 9.84 Å². The molecule has 1 aliphatic rings. The summed E-state index contributed by atoms with van der Waals surface area (Å²) in [6.45, 7) is 1.14. The largest absolute Gasteiger partial charge is 0.480 e. The molecule has 0 saturated carbocycles. The SMILES string of the molecule is CO[C@H]1CCN(c2nc(NCC(=O)O)c(C(=O)Nc3ccc4ccccc4c3)s2)C1. The van der Waals surface area contributed by atoms with Crippen LogP contribution in [0.1, 0.15) is 16.1 Å². The first-order valence-electron chi connectivity index (χ1n) is 9.58. The molecule has 8 nitrogen and oxygen atoms in total. The highest BCUT2D eigenvalue weighted by atomic mass is 32.1. The van der Waals surface area contributed by atoms with Crippen LogP contribution < -0.4 is 15.5 Å². The van der Waals surface area contributed by atoms with Crippen LogP contribution in [-0.4, -0.2) is 54.8 Å². The van der Waals surface area contributed by atoms with Crippen molar-refractivity contribution in [1.29, 1.82) is 0 Å². The van der Waals surface area contributed by atoms with Crippen molar-refractivity contribution in [3.8, 4) is 0 Å². The number of carbonyl (C=O) groups is 2. The van der Waals surface area contributed by atoms with E-state index < -0.39 is 5.97 Å². The summed E-state index contributed by atoms with van der Waals surface area (Å²) in [5, 5.41) is 17.5. The number of rotatable bonds is 7. The molecule has 3 aromatic rings. The molecule has 0 spiro atoms. The fourth-order valence-corrected chi connectivity index (χ4v) is 4.40. The molecule has 0 radical (unpaired) electrons. The van der Waals surface area contributed by atoms with E-state index in [-0.39, 0.29) is 24.4 Å². The topological polar surface area (TPSA) is 104 Å². The van der Waals surface area contributed by atoms with Gasteiger partial charge in [-0.05, 0) is 29.3 Å². The zero-order chi connectivity index (χ0) is 21.1. The Morgan fingerprint density at radius 1 is 1.27 bits per heavy atom. The number of nitrogens with one attached hydrogen (secondary N) is 2. The van der Waals surface area contributed by atoms with E-state index in [2.05, 4.69) is 20.5 Å². The molecular weight excluding hydrogens is 404 g/mol. The van der Waals surface area contributed by atoms with Crippen molar-refractivity contribution < 1.29 is 19.4 Å². The number of methoxy groups -OCH3 is 1. The lowest BCUT2D eigenvalue weighted by Gasteiger charge is -2.13. The number of ether oxygens (including phenoxy) is 1. The number of aromatic nitrogens is 1. The lowest BCUT2D eigenvalue weighted by molar-refractivity contribution is -0.134. The van der Waals surface area contributed by atoms with E-state index in [9.17, 15) is 9.59 Å². The van der Waals surface area contributed by atoms with E-state index in [0.717, 1.165) is 23.7 Å². The summed E-state index contributed by atoms with van der Waals surface area (Å²) < 4.78 is 5.40. The van der Waals surface area contributed by atoms with E-state index in [1.165, 1.54) is 11.3 Å². The number of carboxylic acid groups (broad SMARTS) is 1. The number of carbonyl (C=O) groups excluding carboxylic acids is 1. The van der Waals surface area contributed by atoms with Crippen LogP contribution in [0.2, 0.25) is 0 Å². The van der Waals surface area contributed by atoms with Crippen molar-refractivity contribution in [1.82, 2.24) is 4.98 Å². The second-order valence-electron chi connectivity index (χ2n) is 7.03. The second-order valence-corrected chi connectivity index (χ2v) is 8.01. The van der Waals surface area contributed by atoms with Crippen molar-refractivity contribution in [3.63, 3.8) is 0 Å². The molecule has 1 saturated heterocycles. The Kier molecular flexibility index (Phi) is 5.82. The predicted molar refractivity (Wildman–Crippen MR) is 118 cm³/mol. The first-order chi connectivity index (χ1) is 14.5. The lowest BCUT2D eigenvalue weighted by atomic mass is 10.1. The molecule has 1 atom stereocenters. The maximum Gasteiger partial charge on any atom is 0.322 e. The van der Waals surface area contributed by atoms with E-state index >= 15 is 0 Å². The van der Waals surface area contributed by atoms with Crippen LogP contribution in [0.4, 0.5) is 16.6 Å². The Morgan fingerprint density at radius 2 is 2.07 bits per heavy atom. The molecule has 4 rings (SSSR count). The number of hydrogen-bond acceptors (Lipinski definition) is 7. The smallest absolute Gasteiger partial charge is 0.322 e. The van der Waals surface area contributed by atoms with Gasteiger partial charge in [0.25, 0.3) is 5.91 Å². The molecule has 1 fully saturated rings. The van der Waals surface area contributed by atoms with Crippen LogP contribution in [0.15, 0.2) is 42.5 Å². The molecule has 0 bridgehead atoms. The number of carboxylic acids is 1. The van der Waals surface area contributed by atoms with Gasteiger partial charge in [-0.2, -0.15) is 0 Å². The fourth-order valence-electron chi connectivity index (χ4n) is 3.43. The van der Waals surface area contributed by atoms with Gasteiger partial charge in [-0.3, -0.25) is 9.59 Å². The molecule has 2 aromatic carbocycles. The van der Waals surface area contributed by atoms with Gasteiger partial charge in [0.15, 0.2) is 10.9 Å². The average Bonchev–Trinajstić information content (AvgIpc) is 3.39. The summed E-state index contributed by atoms with van der Waals surface area (Å²) in [5.41, 5.74) is 0.665. The maximum atomic E-state index is 13.0. The minimum absolute atomic E-state index is 0.124. The number of fused-ring (bicyclic) bond motifs is 1. The number of anilines is 3. The Bertz CT molecular complexity index is 1080. The van der Waals surface area contributed by atoms with Gasteiger partial charge in [-0.15, -0.1) is 0 Å². The molecule has 1 aromatic heterocycles. The number of amides is 1. The van der Waals surface area contributed by atoms with Crippen LogP contribution in [0, 0.1) is 0 Å². The van der Waals surface area contributed by atoms with Gasteiger partial charge < -0.3 is 25.4 Å². The normalized spacial score (nSPS) is 16.0. The van der Waals surface area contributed by atoms with Crippen molar-refractivity contribution >= 4 is 50.6 Å². The van der Waals surface area contributed by atoms with Gasteiger partial charge in [0.05, 0.1) is 6.10 Å². The van der Waals surface area contributed by atoms with Crippen molar-refractivity contribution in [3.05, 3.63) is 47.3 Å². The monoisotopic (exact) mass is 426 g/mol. The third kappa shape index (κ3) is 4.37. The predicted octanol–water partition coefficient (Wildman–Crippen LogP) is 3.27. The molecule has 1 aliphatic heterocycles. The third-order valence-corrected chi connectivity index (χ3v) is 6.10. The summed E-state index contributed by atoms with van der Waals surface area (Å²) in [4.78, 5) is 30.9.